The zero-order valence-corrected chi connectivity index (χ0v) is 11.0. The molecule has 0 amide bonds. The number of anilines is 1. The lowest BCUT2D eigenvalue weighted by Crippen LogP contribution is -2.06. The van der Waals surface area contributed by atoms with E-state index < -0.39 is 0 Å². The van der Waals surface area contributed by atoms with E-state index in [0.29, 0.717) is 11.3 Å². The monoisotopic (exact) mass is 252 g/mol. The lowest BCUT2D eigenvalue weighted by Gasteiger charge is -2.16. The third-order valence-electron chi connectivity index (χ3n) is 3.10. The van der Waals surface area contributed by atoms with Crippen molar-refractivity contribution in [3.8, 4) is 11.8 Å². The first-order valence-electron chi connectivity index (χ1n) is 6.16. The van der Waals surface area contributed by atoms with Crippen LogP contribution in [0.15, 0.2) is 42.5 Å². The zero-order valence-electron chi connectivity index (χ0n) is 11.0. The smallest absolute Gasteiger partial charge is 0.118 e. The van der Waals surface area contributed by atoms with Gasteiger partial charge in [0.15, 0.2) is 0 Å². The predicted molar refractivity (Wildman–Crippen MR) is 76.0 cm³/mol. The Balaban J connectivity index is 2.18. The molecule has 1 unspecified atom stereocenters. The van der Waals surface area contributed by atoms with Crippen LogP contribution in [0.1, 0.15) is 29.7 Å². The molecule has 1 atom stereocenters. The second-order valence-corrected chi connectivity index (χ2v) is 4.60. The summed E-state index contributed by atoms with van der Waals surface area (Å²) in [6.45, 7) is 3.90. The number of nitriles is 1. The third-order valence-corrected chi connectivity index (χ3v) is 3.10. The van der Waals surface area contributed by atoms with Gasteiger partial charge < -0.3 is 10.4 Å². The SMILES string of the molecule is Cc1cc(NC(C)c2cccc(C#N)c2)ccc1O. The van der Waals surface area contributed by atoms with Crippen LogP contribution in [0, 0.1) is 18.3 Å². The molecule has 0 aliphatic heterocycles. The summed E-state index contributed by atoms with van der Waals surface area (Å²) < 4.78 is 0. The van der Waals surface area contributed by atoms with Gasteiger partial charge in [-0.2, -0.15) is 5.26 Å². The molecule has 0 aliphatic rings. The fourth-order valence-electron chi connectivity index (χ4n) is 1.96. The van der Waals surface area contributed by atoms with Crippen molar-refractivity contribution in [1.82, 2.24) is 0 Å². The van der Waals surface area contributed by atoms with Gasteiger partial charge in [-0.1, -0.05) is 12.1 Å². The van der Waals surface area contributed by atoms with Gasteiger partial charge in [0.25, 0.3) is 0 Å². The summed E-state index contributed by atoms with van der Waals surface area (Å²) in [5, 5.41) is 21.8. The summed E-state index contributed by atoms with van der Waals surface area (Å²) in [5.74, 6) is 0.296. The Labute approximate surface area is 113 Å². The molecule has 0 radical (unpaired) electrons. The van der Waals surface area contributed by atoms with E-state index in [4.69, 9.17) is 5.26 Å². The van der Waals surface area contributed by atoms with Crippen LogP contribution in [-0.2, 0) is 0 Å². The van der Waals surface area contributed by atoms with E-state index in [1.54, 1.807) is 12.1 Å². The van der Waals surface area contributed by atoms with Crippen molar-refractivity contribution in [2.75, 3.05) is 5.32 Å². The van der Waals surface area contributed by atoms with E-state index in [1.165, 1.54) is 0 Å². The zero-order chi connectivity index (χ0) is 13.8. The fraction of sp³-hybridized carbons (Fsp3) is 0.188. The number of phenolic OH excluding ortho intramolecular Hbond substituents is 1. The lowest BCUT2D eigenvalue weighted by atomic mass is 10.1. The molecule has 96 valence electrons. The van der Waals surface area contributed by atoms with Crippen molar-refractivity contribution in [2.45, 2.75) is 19.9 Å². The number of phenols is 1. The average Bonchev–Trinajstić information content (AvgIpc) is 2.43. The van der Waals surface area contributed by atoms with Crippen molar-refractivity contribution < 1.29 is 5.11 Å². The second-order valence-electron chi connectivity index (χ2n) is 4.60. The highest BCUT2D eigenvalue weighted by Crippen LogP contribution is 2.24. The minimum atomic E-state index is 0.0947. The summed E-state index contributed by atoms with van der Waals surface area (Å²) in [6.07, 6.45) is 0. The number of aryl methyl sites for hydroxylation is 1. The normalized spacial score (nSPS) is 11.6. The van der Waals surface area contributed by atoms with Crippen molar-refractivity contribution in [3.63, 3.8) is 0 Å². The first kappa shape index (κ1) is 13.0. The maximum absolute atomic E-state index is 9.50. The van der Waals surface area contributed by atoms with Crippen LogP contribution < -0.4 is 5.32 Å². The number of hydrogen-bond acceptors (Lipinski definition) is 3. The van der Waals surface area contributed by atoms with E-state index in [1.807, 2.05) is 44.2 Å². The Hall–Kier alpha value is -2.47. The standard InChI is InChI=1S/C16H16N2O/c1-11-8-15(6-7-16(11)19)18-12(2)14-5-3-4-13(9-14)10-17/h3-9,12,18-19H,1-2H3. The number of benzene rings is 2. The predicted octanol–water partition coefficient (Wildman–Crippen LogP) is 3.75. The molecule has 2 aromatic rings. The summed E-state index contributed by atoms with van der Waals surface area (Å²) in [5.41, 5.74) is 3.51. The highest BCUT2D eigenvalue weighted by Gasteiger charge is 2.07. The minimum Gasteiger partial charge on any atom is -0.508 e. The minimum absolute atomic E-state index is 0.0947. The van der Waals surface area contributed by atoms with Gasteiger partial charge in [0.2, 0.25) is 0 Å². The summed E-state index contributed by atoms with van der Waals surface area (Å²) in [4.78, 5) is 0. The van der Waals surface area contributed by atoms with Crippen LogP contribution in [0.5, 0.6) is 5.75 Å². The van der Waals surface area contributed by atoms with E-state index in [9.17, 15) is 5.11 Å². The molecule has 0 fully saturated rings. The van der Waals surface area contributed by atoms with Crippen molar-refractivity contribution in [1.29, 1.82) is 5.26 Å². The molecule has 0 saturated heterocycles. The molecule has 19 heavy (non-hydrogen) atoms. The molecule has 2 N–H and O–H groups in total. The third kappa shape index (κ3) is 3.05. The van der Waals surface area contributed by atoms with E-state index in [0.717, 1.165) is 16.8 Å². The Morgan fingerprint density at radius 2 is 2.00 bits per heavy atom. The van der Waals surface area contributed by atoms with Crippen molar-refractivity contribution >= 4 is 5.69 Å². The number of rotatable bonds is 3. The van der Waals surface area contributed by atoms with Crippen LogP contribution in [0.4, 0.5) is 5.69 Å². The fourth-order valence-corrected chi connectivity index (χ4v) is 1.96. The molecule has 3 heteroatoms. The van der Waals surface area contributed by atoms with Crippen LogP contribution in [0.2, 0.25) is 0 Å². The molecule has 2 rings (SSSR count). The van der Waals surface area contributed by atoms with Crippen LogP contribution in [0.3, 0.4) is 0 Å². The van der Waals surface area contributed by atoms with Gasteiger partial charge in [0.1, 0.15) is 5.75 Å². The summed E-state index contributed by atoms with van der Waals surface area (Å²) in [6, 6.07) is 15.2. The van der Waals surface area contributed by atoms with Crippen molar-refractivity contribution in [2.24, 2.45) is 0 Å². The number of nitrogens with one attached hydrogen (secondary N) is 1. The van der Waals surface area contributed by atoms with Gasteiger partial charge in [0.05, 0.1) is 11.6 Å². The average molecular weight is 252 g/mol. The largest absolute Gasteiger partial charge is 0.508 e. The molecular weight excluding hydrogens is 236 g/mol. The van der Waals surface area contributed by atoms with Crippen LogP contribution in [0.25, 0.3) is 0 Å². The quantitative estimate of drug-likeness (QED) is 0.818. The molecule has 0 saturated carbocycles. The molecule has 0 spiro atoms. The molecule has 3 nitrogen and oxygen atoms in total. The Morgan fingerprint density at radius 3 is 2.68 bits per heavy atom. The molecule has 0 aliphatic carbocycles. The Bertz CT molecular complexity index is 629. The lowest BCUT2D eigenvalue weighted by molar-refractivity contribution is 0.471. The molecule has 2 aromatic carbocycles. The van der Waals surface area contributed by atoms with Gasteiger partial charge in [-0.25, -0.2) is 0 Å². The van der Waals surface area contributed by atoms with Gasteiger partial charge in [-0.3, -0.25) is 0 Å². The van der Waals surface area contributed by atoms with Crippen LogP contribution >= 0.6 is 0 Å². The van der Waals surface area contributed by atoms with Crippen LogP contribution in [-0.4, -0.2) is 5.11 Å². The number of aromatic hydroxyl groups is 1. The maximum Gasteiger partial charge on any atom is 0.118 e. The van der Waals surface area contributed by atoms with E-state index in [-0.39, 0.29) is 6.04 Å². The van der Waals surface area contributed by atoms with Gasteiger partial charge in [0, 0.05) is 11.7 Å². The van der Waals surface area contributed by atoms with Gasteiger partial charge in [-0.05, 0) is 55.3 Å². The van der Waals surface area contributed by atoms with Gasteiger partial charge >= 0.3 is 0 Å². The Morgan fingerprint density at radius 1 is 1.21 bits per heavy atom. The summed E-state index contributed by atoms with van der Waals surface area (Å²) >= 11 is 0. The first-order valence-corrected chi connectivity index (χ1v) is 6.16. The number of nitrogens with zero attached hydrogens (tertiary/aromatic N) is 1. The maximum atomic E-state index is 9.50. The first-order chi connectivity index (χ1) is 9.10. The Kier molecular flexibility index (Phi) is 3.72. The molecule has 0 heterocycles. The summed E-state index contributed by atoms with van der Waals surface area (Å²) in [7, 11) is 0. The van der Waals surface area contributed by atoms with E-state index >= 15 is 0 Å². The number of hydrogen-bond donors (Lipinski definition) is 2. The highest BCUT2D eigenvalue weighted by atomic mass is 16.3. The molecule has 0 bridgehead atoms. The highest BCUT2D eigenvalue weighted by molar-refractivity contribution is 5.51. The van der Waals surface area contributed by atoms with Crippen molar-refractivity contribution in [3.05, 3.63) is 59.2 Å². The topological polar surface area (TPSA) is 56.0 Å². The molecule has 0 aromatic heterocycles. The second kappa shape index (κ2) is 5.45. The van der Waals surface area contributed by atoms with Gasteiger partial charge in [-0.15, -0.1) is 0 Å². The van der Waals surface area contributed by atoms with E-state index in [2.05, 4.69) is 11.4 Å². The molecular formula is C16H16N2O.